The average Bonchev–Trinajstić information content (AvgIpc) is 2.79. The van der Waals surface area contributed by atoms with Crippen LogP contribution in [0.3, 0.4) is 0 Å². The Balaban J connectivity index is 1.18. The molecule has 0 unspecified atom stereocenters. The number of aromatic nitrogens is 1. The molecule has 1 N–H and O–H groups in total. The molecule has 4 heteroatoms. The van der Waals surface area contributed by atoms with Crippen molar-refractivity contribution in [3.05, 3.63) is 89.6 Å². The number of rotatable bonds is 7. The van der Waals surface area contributed by atoms with Crippen LogP contribution in [0.1, 0.15) is 34.3 Å². The second kappa shape index (κ2) is 9.48. The van der Waals surface area contributed by atoms with E-state index < -0.39 is 0 Å². The minimum absolute atomic E-state index is 0.00975. The highest BCUT2D eigenvalue weighted by atomic mass is 16.1. The molecule has 0 bridgehead atoms. The maximum Gasteiger partial charge on any atom is 0.251 e. The SMILES string of the molecule is O=C(NCCCCN1CCc2ccccc2C1)c1ccc(-c2ccccn2)cc1. The lowest BCUT2D eigenvalue weighted by Crippen LogP contribution is -2.32. The van der Waals surface area contributed by atoms with Gasteiger partial charge in [-0.1, -0.05) is 42.5 Å². The van der Waals surface area contributed by atoms with Crippen molar-refractivity contribution in [2.24, 2.45) is 0 Å². The molecule has 2 heterocycles. The third kappa shape index (κ3) is 5.09. The summed E-state index contributed by atoms with van der Waals surface area (Å²) in [6.45, 7) is 3.98. The number of pyridine rings is 1. The van der Waals surface area contributed by atoms with Gasteiger partial charge in [0.2, 0.25) is 0 Å². The first-order valence-electron chi connectivity index (χ1n) is 10.4. The quantitative estimate of drug-likeness (QED) is 0.616. The average molecular weight is 386 g/mol. The maximum atomic E-state index is 12.4. The first-order valence-corrected chi connectivity index (χ1v) is 10.4. The van der Waals surface area contributed by atoms with Crippen LogP contribution in [0.15, 0.2) is 72.9 Å². The number of hydrogen-bond donors (Lipinski definition) is 1. The molecule has 1 aliphatic rings. The predicted molar refractivity (Wildman–Crippen MR) is 117 cm³/mol. The predicted octanol–water partition coefficient (Wildman–Crippen LogP) is 4.32. The van der Waals surface area contributed by atoms with Gasteiger partial charge in [0.1, 0.15) is 0 Å². The number of benzene rings is 2. The van der Waals surface area contributed by atoms with Crippen molar-refractivity contribution in [3.63, 3.8) is 0 Å². The third-order valence-corrected chi connectivity index (χ3v) is 5.50. The Labute approximate surface area is 172 Å². The Morgan fingerprint density at radius 1 is 0.931 bits per heavy atom. The van der Waals surface area contributed by atoms with E-state index >= 15 is 0 Å². The summed E-state index contributed by atoms with van der Waals surface area (Å²) in [6, 6.07) is 22.2. The number of carbonyl (C=O) groups is 1. The standard InChI is InChI=1S/C25H27N3O/c29-25(22-12-10-21(11-13-22)24-9-3-4-15-26-24)27-16-5-6-17-28-18-14-20-7-1-2-8-23(20)19-28/h1-4,7-13,15H,5-6,14,16-19H2,(H,27,29). The first-order chi connectivity index (χ1) is 14.3. The fraction of sp³-hybridized carbons (Fsp3) is 0.280. The molecular weight excluding hydrogens is 358 g/mol. The molecule has 0 radical (unpaired) electrons. The zero-order valence-electron chi connectivity index (χ0n) is 16.7. The maximum absolute atomic E-state index is 12.4. The second-order valence-electron chi connectivity index (χ2n) is 7.55. The largest absolute Gasteiger partial charge is 0.352 e. The summed E-state index contributed by atoms with van der Waals surface area (Å²) in [5, 5.41) is 3.04. The molecular formula is C25H27N3O. The Kier molecular flexibility index (Phi) is 6.32. The summed E-state index contributed by atoms with van der Waals surface area (Å²) in [6.07, 6.45) is 5.01. The van der Waals surface area contributed by atoms with E-state index in [1.54, 1.807) is 6.20 Å². The van der Waals surface area contributed by atoms with Crippen molar-refractivity contribution < 1.29 is 4.79 Å². The normalized spacial score (nSPS) is 13.7. The van der Waals surface area contributed by atoms with Gasteiger partial charge in [-0.05, 0) is 61.2 Å². The van der Waals surface area contributed by atoms with Gasteiger partial charge < -0.3 is 5.32 Å². The number of nitrogens with zero attached hydrogens (tertiary/aromatic N) is 2. The molecule has 0 spiro atoms. The molecule has 1 aromatic heterocycles. The Morgan fingerprint density at radius 3 is 2.52 bits per heavy atom. The second-order valence-corrected chi connectivity index (χ2v) is 7.55. The van der Waals surface area contributed by atoms with Crippen LogP contribution in [-0.2, 0) is 13.0 Å². The van der Waals surface area contributed by atoms with Crippen LogP contribution in [0.5, 0.6) is 0 Å². The smallest absolute Gasteiger partial charge is 0.251 e. The molecule has 4 nitrogen and oxygen atoms in total. The van der Waals surface area contributed by atoms with Gasteiger partial charge in [0.05, 0.1) is 5.69 Å². The summed E-state index contributed by atoms with van der Waals surface area (Å²) in [7, 11) is 0. The van der Waals surface area contributed by atoms with Crippen molar-refractivity contribution in [3.8, 4) is 11.3 Å². The lowest BCUT2D eigenvalue weighted by molar-refractivity contribution is 0.0952. The molecule has 2 aromatic carbocycles. The number of fused-ring (bicyclic) bond motifs is 1. The van der Waals surface area contributed by atoms with E-state index in [-0.39, 0.29) is 5.91 Å². The van der Waals surface area contributed by atoms with Crippen LogP contribution in [0.25, 0.3) is 11.3 Å². The highest BCUT2D eigenvalue weighted by Crippen LogP contribution is 2.19. The fourth-order valence-corrected chi connectivity index (χ4v) is 3.84. The summed E-state index contributed by atoms with van der Waals surface area (Å²) >= 11 is 0. The van der Waals surface area contributed by atoms with Gasteiger partial charge in [-0.15, -0.1) is 0 Å². The fourth-order valence-electron chi connectivity index (χ4n) is 3.84. The van der Waals surface area contributed by atoms with Gasteiger partial charge in [-0.25, -0.2) is 0 Å². The molecule has 1 amide bonds. The minimum Gasteiger partial charge on any atom is -0.352 e. The lowest BCUT2D eigenvalue weighted by Gasteiger charge is -2.28. The van der Waals surface area contributed by atoms with Crippen LogP contribution in [0.4, 0.5) is 0 Å². The minimum atomic E-state index is -0.00975. The molecule has 0 fully saturated rings. The van der Waals surface area contributed by atoms with E-state index in [4.69, 9.17) is 0 Å². The third-order valence-electron chi connectivity index (χ3n) is 5.50. The van der Waals surface area contributed by atoms with E-state index in [2.05, 4.69) is 39.5 Å². The van der Waals surface area contributed by atoms with Crippen LogP contribution in [0.2, 0.25) is 0 Å². The van der Waals surface area contributed by atoms with Gasteiger partial charge in [0.15, 0.2) is 0 Å². The molecule has 1 aliphatic heterocycles. The van der Waals surface area contributed by atoms with E-state index in [1.807, 2.05) is 42.5 Å². The van der Waals surface area contributed by atoms with Crippen LogP contribution < -0.4 is 5.32 Å². The molecule has 0 saturated heterocycles. The van der Waals surface area contributed by atoms with E-state index in [1.165, 1.54) is 11.1 Å². The lowest BCUT2D eigenvalue weighted by atomic mass is 10.00. The van der Waals surface area contributed by atoms with Crippen molar-refractivity contribution in [2.45, 2.75) is 25.8 Å². The number of nitrogens with one attached hydrogen (secondary N) is 1. The Hall–Kier alpha value is -2.98. The van der Waals surface area contributed by atoms with Crippen LogP contribution >= 0.6 is 0 Å². The van der Waals surface area contributed by atoms with Crippen molar-refractivity contribution >= 4 is 5.91 Å². The van der Waals surface area contributed by atoms with Crippen LogP contribution in [0, 0.1) is 0 Å². The number of unbranched alkanes of at least 4 members (excludes halogenated alkanes) is 1. The van der Waals surface area contributed by atoms with Gasteiger partial charge >= 0.3 is 0 Å². The van der Waals surface area contributed by atoms with Gasteiger partial charge in [0.25, 0.3) is 5.91 Å². The Bertz CT molecular complexity index is 938. The molecule has 3 aromatic rings. The Morgan fingerprint density at radius 2 is 1.72 bits per heavy atom. The first kappa shape index (κ1) is 19.3. The summed E-state index contributed by atoms with van der Waals surface area (Å²) in [5.74, 6) is -0.00975. The molecule has 4 rings (SSSR count). The highest BCUT2D eigenvalue weighted by Gasteiger charge is 2.14. The summed E-state index contributed by atoms with van der Waals surface area (Å²) < 4.78 is 0. The molecule has 148 valence electrons. The monoisotopic (exact) mass is 385 g/mol. The summed E-state index contributed by atoms with van der Waals surface area (Å²) in [4.78, 5) is 19.2. The van der Waals surface area contributed by atoms with Crippen molar-refractivity contribution in [1.82, 2.24) is 15.2 Å². The van der Waals surface area contributed by atoms with Crippen molar-refractivity contribution in [1.29, 1.82) is 0 Å². The van der Waals surface area contributed by atoms with Gasteiger partial charge in [-0.2, -0.15) is 0 Å². The van der Waals surface area contributed by atoms with E-state index in [0.717, 1.165) is 50.2 Å². The molecule has 0 atom stereocenters. The molecule has 29 heavy (non-hydrogen) atoms. The van der Waals surface area contributed by atoms with Gasteiger partial charge in [0, 0.05) is 37.0 Å². The summed E-state index contributed by atoms with van der Waals surface area (Å²) in [5.41, 5.74) is 5.58. The highest BCUT2D eigenvalue weighted by molar-refractivity contribution is 5.94. The van der Waals surface area contributed by atoms with Crippen LogP contribution in [-0.4, -0.2) is 35.4 Å². The van der Waals surface area contributed by atoms with Crippen molar-refractivity contribution in [2.75, 3.05) is 19.6 Å². The zero-order chi connectivity index (χ0) is 19.9. The van der Waals surface area contributed by atoms with E-state index in [9.17, 15) is 4.79 Å². The number of carbonyl (C=O) groups excluding carboxylic acids is 1. The topological polar surface area (TPSA) is 45.2 Å². The number of amides is 1. The molecule has 0 saturated carbocycles. The number of hydrogen-bond acceptors (Lipinski definition) is 3. The van der Waals surface area contributed by atoms with E-state index in [0.29, 0.717) is 12.1 Å². The van der Waals surface area contributed by atoms with Gasteiger partial charge in [-0.3, -0.25) is 14.7 Å². The molecule has 0 aliphatic carbocycles. The zero-order valence-corrected chi connectivity index (χ0v) is 16.7.